The molecule has 1 aromatic heterocycles. The van der Waals surface area contributed by atoms with Gasteiger partial charge in [-0.15, -0.1) is 0 Å². The van der Waals surface area contributed by atoms with Crippen molar-refractivity contribution in [1.29, 1.82) is 0 Å². The first-order valence-corrected chi connectivity index (χ1v) is 5.35. The smallest absolute Gasteiger partial charge is 0.407 e. The van der Waals surface area contributed by atoms with E-state index in [4.69, 9.17) is 5.11 Å². The van der Waals surface area contributed by atoms with Gasteiger partial charge in [-0.3, -0.25) is 4.98 Å². The second kappa shape index (κ2) is 4.79. The predicted octanol–water partition coefficient (Wildman–Crippen LogP) is 2.24. The van der Waals surface area contributed by atoms with E-state index in [1.165, 1.54) is 4.90 Å². The monoisotopic (exact) mass is 218 g/mol. The SMILES string of the molecule is O=C(O)N1CCCC1/C=C/c1cccnc1. The zero-order valence-corrected chi connectivity index (χ0v) is 8.91. The van der Waals surface area contributed by atoms with Crippen molar-refractivity contribution in [1.82, 2.24) is 9.88 Å². The lowest BCUT2D eigenvalue weighted by molar-refractivity contribution is 0.147. The summed E-state index contributed by atoms with van der Waals surface area (Å²) < 4.78 is 0. The number of carbonyl (C=O) groups is 1. The number of pyridine rings is 1. The third-order valence-electron chi connectivity index (χ3n) is 2.74. The van der Waals surface area contributed by atoms with Gasteiger partial charge in [0.25, 0.3) is 0 Å². The number of rotatable bonds is 2. The molecule has 1 aliphatic heterocycles. The molecule has 1 unspecified atom stereocenters. The van der Waals surface area contributed by atoms with Gasteiger partial charge in [-0.25, -0.2) is 4.79 Å². The molecular formula is C12H14N2O2. The molecule has 0 radical (unpaired) electrons. The van der Waals surface area contributed by atoms with E-state index in [0.29, 0.717) is 6.54 Å². The average molecular weight is 218 g/mol. The lowest BCUT2D eigenvalue weighted by atomic mass is 10.1. The van der Waals surface area contributed by atoms with Crippen LogP contribution in [0.15, 0.2) is 30.6 Å². The molecule has 1 N–H and O–H groups in total. The van der Waals surface area contributed by atoms with Crippen LogP contribution in [0, 0.1) is 0 Å². The molecule has 0 bridgehead atoms. The third kappa shape index (κ3) is 2.39. The lowest BCUT2D eigenvalue weighted by Crippen LogP contribution is -2.32. The first-order valence-electron chi connectivity index (χ1n) is 5.35. The molecule has 0 aliphatic carbocycles. The number of carboxylic acid groups (broad SMARTS) is 1. The fourth-order valence-electron chi connectivity index (χ4n) is 1.93. The Kier molecular flexibility index (Phi) is 3.19. The molecule has 16 heavy (non-hydrogen) atoms. The number of hydrogen-bond donors (Lipinski definition) is 1. The summed E-state index contributed by atoms with van der Waals surface area (Å²) in [7, 11) is 0. The van der Waals surface area contributed by atoms with Crippen LogP contribution in [-0.2, 0) is 0 Å². The summed E-state index contributed by atoms with van der Waals surface area (Å²) in [4.78, 5) is 16.4. The molecule has 1 aromatic rings. The van der Waals surface area contributed by atoms with E-state index in [0.717, 1.165) is 18.4 Å². The van der Waals surface area contributed by atoms with Crippen LogP contribution in [0.25, 0.3) is 6.08 Å². The van der Waals surface area contributed by atoms with Crippen LogP contribution in [0.4, 0.5) is 4.79 Å². The molecule has 84 valence electrons. The van der Waals surface area contributed by atoms with E-state index in [1.807, 2.05) is 24.3 Å². The van der Waals surface area contributed by atoms with E-state index >= 15 is 0 Å². The minimum Gasteiger partial charge on any atom is -0.465 e. The highest BCUT2D eigenvalue weighted by atomic mass is 16.4. The summed E-state index contributed by atoms with van der Waals surface area (Å²) in [6, 6.07) is 3.82. The molecule has 1 fully saturated rings. The normalized spacial score (nSPS) is 20.5. The van der Waals surface area contributed by atoms with Gasteiger partial charge in [0.05, 0.1) is 6.04 Å². The summed E-state index contributed by atoms with van der Waals surface area (Å²) in [5.74, 6) is 0. The average Bonchev–Trinajstić information content (AvgIpc) is 2.76. The minimum atomic E-state index is -0.835. The molecule has 2 heterocycles. The third-order valence-corrected chi connectivity index (χ3v) is 2.74. The molecule has 1 aliphatic rings. The molecule has 4 heteroatoms. The summed E-state index contributed by atoms with van der Waals surface area (Å²) in [6.45, 7) is 0.636. The second-order valence-corrected chi connectivity index (χ2v) is 3.83. The van der Waals surface area contributed by atoms with E-state index < -0.39 is 6.09 Å². The molecule has 4 nitrogen and oxygen atoms in total. The van der Waals surface area contributed by atoms with E-state index in [-0.39, 0.29) is 6.04 Å². The zero-order chi connectivity index (χ0) is 11.4. The first-order chi connectivity index (χ1) is 7.77. The molecule has 2 rings (SSSR count). The van der Waals surface area contributed by atoms with Crippen LogP contribution < -0.4 is 0 Å². The number of aromatic nitrogens is 1. The maximum atomic E-state index is 10.9. The van der Waals surface area contributed by atoms with Crippen molar-refractivity contribution in [2.75, 3.05) is 6.54 Å². The Balaban J connectivity index is 2.04. The molecule has 0 aromatic carbocycles. The lowest BCUT2D eigenvalue weighted by Gasteiger charge is -2.17. The largest absolute Gasteiger partial charge is 0.465 e. The van der Waals surface area contributed by atoms with Crippen LogP contribution in [0.1, 0.15) is 18.4 Å². The fraction of sp³-hybridized carbons (Fsp3) is 0.333. The van der Waals surface area contributed by atoms with Crippen molar-refractivity contribution in [2.24, 2.45) is 0 Å². The quantitative estimate of drug-likeness (QED) is 0.828. The van der Waals surface area contributed by atoms with Gasteiger partial charge in [0.1, 0.15) is 0 Å². The van der Waals surface area contributed by atoms with Crippen LogP contribution >= 0.6 is 0 Å². The predicted molar refractivity (Wildman–Crippen MR) is 61.0 cm³/mol. The van der Waals surface area contributed by atoms with Crippen LogP contribution in [0.2, 0.25) is 0 Å². The van der Waals surface area contributed by atoms with Crippen LogP contribution in [-0.4, -0.2) is 33.7 Å². The molecule has 1 amide bonds. The van der Waals surface area contributed by atoms with Gasteiger partial charge < -0.3 is 10.0 Å². The standard InChI is InChI=1S/C12H14N2O2/c15-12(16)14-8-2-4-11(14)6-5-10-3-1-7-13-9-10/h1,3,5-7,9,11H,2,4,8H2,(H,15,16)/b6-5+. The van der Waals surface area contributed by atoms with E-state index in [9.17, 15) is 4.79 Å². The fourth-order valence-corrected chi connectivity index (χ4v) is 1.93. The molecule has 0 spiro atoms. The summed E-state index contributed by atoms with van der Waals surface area (Å²) in [5, 5.41) is 8.96. The van der Waals surface area contributed by atoms with Crippen molar-refractivity contribution in [3.63, 3.8) is 0 Å². The maximum Gasteiger partial charge on any atom is 0.407 e. The number of likely N-dealkylation sites (tertiary alicyclic amines) is 1. The molecule has 1 saturated heterocycles. The second-order valence-electron chi connectivity index (χ2n) is 3.83. The van der Waals surface area contributed by atoms with Gasteiger partial charge in [-0.2, -0.15) is 0 Å². The topological polar surface area (TPSA) is 53.4 Å². The Labute approximate surface area is 94.2 Å². The highest BCUT2D eigenvalue weighted by Gasteiger charge is 2.25. The van der Waals surface area contributed by atoms with Gasteiger partial charge in [0.2, 0.25) is 0 Å². The highest BCUT2D eigenvalue weighted by Crippen LogP contribution is 2.19. The van der Waals surface area contributed by atoms with Crippen molar-refractivity contribution >= 4 is 12.2 Å². The summed E-state index contributed by atoms with van der Waals surface area (Å²) in [5.41, 5.74) is 1.000. The Morgan fingerprint density at radius 3 is 3.19 bits per heavy atom. The zero-order valence-electron chi connectivity index (χ0n) is 8.91. The van der Waals surface area contributed by atoms with Gasteiger partial charge >= 0.3 is 6.09 Å². The van der Waals surface area contributed by atoms with Gasteiger partial charge in [0, 0.05) is 18.9 Å². The Morgan fingerprint density at radius 1 is 1.62 bits per heavy atom. The van der Waals surface area contributed by atoms with Gasteiger partial charge in [-0.1, -0.05) is 18.2 Å². The van der Waals surface area contributed by atoms with Crippen LogP contribution in [0.3, 0.4) is 0 Å². The Morgan fingerprint density at radius 2 is 2.50 bits per heavy atom. The van der Waals surface area contributed by atoms with Crippen molar-refractivity contribution in [3.8, 4) is 0 Å². The number of nitrogens with zero attached hydrogens (tertiary/aromatic N) is 2. The number of hydrogen-bond acceptors (Lipinski definition) is 2. The maximum absolute atomic E-state index is 10.9. The van der Waals surface area contributed by atoms with Crippen LogP contribution in [0.5, 0.6) is 0 Å². The minimum absolute atomic E-state index is 0.0118. The van der Waals surface area contributed by atoms with E-state index in [2.05, 4.69) is 4.98 Å². The van der Waals surface area contributed by atoms with Crippen molar-refractivity contribution in [2.45, 2.75) is 18.9 Å². The summed E-state index contributed by atoms with van der Waals surface area (Å²) >= 11 is 0. The molecular weight excluding hydrogens is 204 g/mol. The highest BCUT2D eigenvalue weighted by molar-refractivity contribution is 5.66. The number of amides is 1. The Hall–Kier alpha value is -1.84. The molecule has 1 atom stereocenters. The Bertz CT molecular complexity index is 389. The van der Waals surface area contributed by atoms with Gasteiger partial charge in [-0.05, 0) is 24.5 Å². The first kappa shape index (κ1) is 10.7. The van der Waals surface area contributed by atoms with Crippen molar-refractivity contribution < 1.29 is 9.90 Å². The van der Waals surface area contributed by atoms with E-state index in [1.54, 1.807) is 12.4 Å². The molecule has 0 saturated carbocycles. The van der Waals surface area contributed by atoms with Gasteiger partial charge in [0.15, 0.2) is 0 Å². The van der Waals surface area contributed by atoms with Crippen molar-refractivity contribution in [3.05, 3.63) is 36.2 Å². The summed E-state index contributed by atoms with van der Waals surface area (Å²) in [6.07, 6.45) is 8.36.